The molecule has 1 aliphatic heterocycles. The van der Waals surface area contributed by atoms with Crippen LogP contribution in [0.15, 0.2) is 24.3 Å². The van der Waals surface area contributed by atoms with Gasteiger partial charge in [0, 0.05) is 30.8 Å². The molecule has 1 N–H and O–H groups in total. The Balaban J connectivity index is 1.36. The van der Waals surface area contributed by atoms with Gasteiger partial charge in [0.1, 0.15) is 5.78 Å². The number of nitrogens with one attached hydrogen (secondary N) is 1. The van der Waals surface area contributed by atoms with Crippen molar-refractivity contribution in [2.75, 3.05) is 13.1 Å². The fourth-order valence-electron chi connectivity index (χ4n) is 7.87. The predicted octanol–water partition coefficient (Wildman–Crippen LogP) is 5.16. The molecule has 0 bridgehead atoms. The maximum absolute atomic E-state index is 12.6. The molecule has 5 fully saturated rings. The van der Waals surface area contributed by atoms with Crippen molar-refractivity contribution in [3.63, 3.8) is 0 Å². The summed E-state index contributed by atoms with van der Waals surface area (Å²) in [6.07, 6.45) is 14.7. The standard InChI is InChI=1S/C25H37NO/c1-16-12-19-13-17(4-5-18-14-26-15-18)8-10-24(19,2)21-9-11-25(3)20(23(16)21)6-7-22(25)27/h4-5,17-21,23,26H,1,6-15H2,2-3H3/t17-,19?,20+,21+,23+,24+,25+/m1/s1. The maximum atomic E-state index is 12.6. The van der Waals surface area contributed by atoms with Gasteiger partial charge in [-0.1, -0.05) is 38.2 Å². The van der Waals surface area contributed by atoms with Crippen LogP contribution in [-0.2, 0) is 4.79 Å². The van der Waals surface area contributed by atoms with Crippen LogP contribution in [0.1, 0.15) is 65.2 Å². The van der Waals surface area contributed by atoms with Crippen molar-refractivity contribution in [2.24, 2.45) is 46.3 Å². The lowest BCUT2D eigenvalue weighted by Gasteiger charge is -2.61. The number of hydrogen-bond acceptors (Lipinski definition) is 2. The van der Waals surface area contributed by atoms with Gasteiger partial charge in [-0.15, -0.1) is 0 Å². The van der Waals surface area contributed by atoms with Crippen LogP contribution in [0.3, 0.4) is 0 Å². The predicted molar refractivity (Wildman–Crippen MR) is 110 cm³/mol. The minimum absolute atomic E-state index is 0.0376. The third-order valence-electron chi connectivity index (χ3n) is 9.85. The minimum atomic E-state index is -0.0376. The van der Waals surface area contributed by atoms with Gasteiger partial charge in [0.05, 0.1) is 0 Å². The van der Waals surface area contributed by atoms with Gasteiger partial charge in [-0.05, 0) is 80.0 Å². The second-order valence-electron chi connectivity index (χ2n) is 11.1. The zero-order chi connectivity index (χ0) is 18.8. The summed E-state index contributed by atoms with van der Waals surface area (Å²) in [4.78, 5) is 12.6. The van der Waals surface area contributed by atoms with Crippen molar-refractivity contribution in [3.05, 3.63) is 24.3 Å². The van der Waals surface area contributed by atoms with Crippen LogP contribution in [0.4, 0.5) is 0 Å². The molecule has 0 radical (unpaired) electrons. The summed E-state index contributed by atoms with van der Waals surface area (Å²) < 4.78 is 0. The van der Waals surface area contributed by atoms with Crippen molar-refractivity contribution in [1.82, 2.24) is 5.32 Å². The van der Waals surface area contributed by atoms with E-state index in [0.717, 1.165) is 42.9 Å². The van der Waals surface area contributed by atoms with E-state index in [9.17, 15) is 4.79 Å². The van der Waals surface area contributed by atoms with Gasteiger partial charge in [0.2, 0.25) is 0 Å². The van der Waals surface area contributed by atoms with Gasteiger partial charge in [-0.2, -0.15) is 0 Å². The van der Waals surface area contributed by atoms with Gasteiger partial charge >= 0.3 is 0 Å². The van der Waals surface area contributed by atoms with Crippen LogP contribution < -0.4 is 5.32 Å². The van der Waals surface area contributed by atoms with Crippen LogP contribution in [0.2, 0.25) is 0 Å². The van der Waals surface area contributed by atoms with E-state index in [1.54, 1.807) is 0 Å². The molecule has 1 saturated heterocycles. The van der Waals surface area contributed by atoms with Crippen molar-refractivity contribution >= 4 is 5.78 Å². The topological polar surface area (TPSA) is 29.1 Å². The van der Waals surface area contributed by atoms with Crippen LogP contribution >= 0.6 is 0 Å². The molecule has 27 heavy (non-hydrogen) atoms. The fourth-order valence-corrected chi connectivity index (χ4v) is 7.87. The first-order chi connectivity index (χ1) is 12.9. The van der Waals surface area contributed by atoms with Crippen LogP contribution in [-0.4, -0.2) is 18.9 Å². The fraction of sp³-hybridized carbons (Fsp3) is 0.800. The van der Waals surface area contributed by atoms with E-state index in [-0.39, 0.29) is 5.41 Å². The van der Waals surface area contributed by atoms with Gasteiger partial charge < -0.3 is 5.32 Å². The molecule has 0 aromatic heterocycles. The molecule has 4 aliphatic carbocycles. The van der Waals surface area contributed by atoms with E-state index < -0.39 is 0 Å². The zero-order valence-corrected chi connectivity index (χ0v) is 17.3. The van der Waals surface area contributed by atoms with Crippen LogP contribution in [0.5, 0.6) is 0 Å². The molecule has 0 aromatic rings. The second-order valence-corrected chi connectivity index (χ2v) is 11.1. The van der Waals surface area contributed by atoms with E-state index in [1.807, 2.05) is 0 Å². The van der Waals surface area contributed by atoms with E-state index >= 15 is 0 Å². The van der Waals surface area contributed by atoms with Crippen molar-refractivity contribution in [3.8, 4) is 0 Å². The number of carbonyl (C=O) groups excluding carboxylic acids is 1. The number of Topliss-reactive ketones (excluding diaryl/α,β-unsaturated/α-hetero) is 1. The number of fused-ring (bicyclic) bond motifs is 5. The summed E-state index contributed by atoms with van der Waals surface area (Å²) in [5.74, 6) is 4.87. The highest BCUT2D eigenvalue weighted by Gasteiger charge is 2.61. The molecule has 148 valence electrons. The molecule has 7 atom stereocenters. The quantitative estimate of drug-likeness (QED) is 0.683. The normalized spacial score (nSPS) is 50.2. The third-order valence-corrected chi connectivity index (χ3v) is 9.85. The van der Waals surface area contributed by atoms with E-state index in [2.05, 4.69) is 37.9 Å². The summed E-state index contributed by atoms with van der Waals surface area (Å²) >= 11 is 0. The SMILES string of the molecule is C=C1CC2C[C@H](C=CC3CNC3)CC[C@]2(C)[C@H]2CC[C@]3(C)C(=O)CC[C@H]3[C@H]12. The van der Waals surface area contributed by atoms with Gasteiger partial charge in [0.15, 0.2) is 0 Å². The molecule has 4 saturated carbocycles. The molecule has 1 unspecified atom stereocenters. The Kier molecular flexibility index (Phi) is 4.24. The third kappa shape index (κ3) is 2.65. The number of carbonyl (C=O) groups is 1. The smallest absolute Gasteiger partial charge is 0.139 e. The molecular formula is C25H37NO. The lowest BCUT2D eigenvalue weighted by atomic mass is 9.44. The number of ketones is 1. The Morgan fingerprint density at radius 3 is 2.56 bits per heavy atom. The van der Waals surface area contributed by atoms with Crippen LogP contribution in [0.25, 0.3) is 0 Å². The summed E-state index contributed by atoms with van der Waals surface area (Å²) in [7, 11) is 0. The lowest BCUT2D eigenvalue weighted by Crippen LogP contribution is -2.54. The zero-order valence-electron chi connectivity index (χ0n) is 17.3. The first-order valence-electron chi connectivity index (χ1n) is 11.5. The number of rotatable bonds is 2. The molecule has 0 spiro atoms. The first kappa shape index (κ1) is 18.2. The molecule has 0 aromatic carbocycles. The Hall–Kier alpha value is -0.890. The molecular weight excluding hydrogens is 330 g/mol. The molecule has 0 amide bonds. The van der Waals surface area contributed by atoms with Crippen molar-refractivity contribution in [2.45, 2.75) is 65.2 Å². The van der Waals surface area contributed by atoms with Crippen LogP contribution in [0, 0.1) is 46.3 Å². The summed E-state index contributed by atoms with van der Waals surface area (Å²) in [5.41, 5.74) is 1.94. The summed E-state index contributed by atoms with van der Waals surface area (Å²) in [5, 5.41) is 3.37. The highest BCUT2D eigenvalue weighted by Crippen LogP contribution is 2.66. The van der Waals surface area contributed by atoms with Crippen molar-refractivity contribution in [1.29, 1.82) is 0 Å². The van der Waals surface area contributed by atoms with E-state index in [1.165, 1.54) is 50.8 Å². The number of hydrogen-bond donors (Lipinski definition) is 1. The van der Waals surface area contributed by atoms with Gasteiger partial charge in [-0.25, -0.2) is 0 Å². The molecule has 1 heterocycles. The average molecular weight is 368 g/mol. The van der Waals surface area contributed by atoms with Crippen molar-refractivity contribution < 1.29 is 4.79 Å². The summed E-state index contributed by atoms with van der Waals surface area (Å²) in [6, 6.07) is 0. The van der Waals surface area contributed by atoms with Gasteiger partial charge in [0.25, 0.3) is 0 Å². The highest BCUT2D eigenvalue weighted by atomic mass is 16.1. The minimum Gasteiger partial charge on any atom is -0.315 e. The second kappa shape index (κ2) is 6.31. The largest absolute Gasteiger partial charge is 0.315 e. The van der Waals surface area contributed by atoms with E-state index in [4.69, 9.17) is 0 Å². The Bertz CT molecular complexity index is 676. The molecule has 2 nitrogen and oxygen atoms in total. The Morgan fingerprint density at radius 2 is 1.81 bits per heavy atom. The monoisotopic (exact) mass is 367 g/mol. The molecule has 2 heteroatoms. The van der Waals surface area contributed by atoms with E-state index in [0.29, 0.717) is 23.0 Å². The number of allylic oxidation sites excluding steroid dienone is 2. The first-order valence-corrected chi connectivity index (χ1v) is 11.5. The maximum Gasteiger partial charge on any atom is 0.139 e. The Labute approximate surface area is 165 Å². The highest BCUT2D eigenvalue weighted by molar-refractivity contribution is 5.87. The lowest BCUT2D eigenvalue weighted by molar-refractivity contribution is -0.134. The summed E-state index contributed by atoms with van der Waals surface area (Å²) in [6.45, 7) is 11.8. The molecule has 5 aliphatic rings. The van der Waals surface area contributed by atoms with Gasteiger partial charge in [-0.3, -0.25) is 4.79 Å². The Morgan fingerprint density at radius 1 is 1.04 bits per heavy atom. The average Bonchev–Trinajstić information content (AvgIpc) is 2.90. The molecule has 5 rings (SSSR count).